The Kier molecular flexibility index (Phi) is 4.56. The Labute approximate surface area is 142 Å². The molecule has 0 radical (unpaired) electrons. The molecule has 1 aliphatic carbocycles. The van der Waals surface area contributed by atoms with Crippen molar-refractivity contribution in [1.82, 2.24) is 5.32 Å². The van der Waals surface area contributed by atoms with Crippen LogP contribution < -0.4 is 11.1 Å². The number of amides is 1. The third kappa shape index (κ3) is 3.28. The molecular weight excluding hydrogens is 303 g/mol. The summed E-state index contributed by atoms with van der Waals surface area (Å²) in [7, 11) is 0. The molecule has 4 heteroatoms. The minimum atomic E-state index is -0.230. The molecule has 3 rings (SSSR count). The number of halogens is 1. The van der Waals surface area contributed by atoms with Crippen molar-refractivity contribution in [2.75, 3.05) is 12.3 Å². The summed E-state index contributed by atoms with van der Waals surface area (Å²) < 4.78 is 13.2. The summed E-state index contributed by atoms with van der Waals surface area (Å²) >= 11 is 0. The van der Waals surface area contributed by atoms with Gasteiger partial charge in [0.15, 0.2) is 0 Å². The van der Waals surface area contributed by atoms with E-state index < -0.39 is 0 Å². The number of aryl methyl sites for hydroxylation is 1. The van der Waals surface area contributed by atoms with Crippen LogP contribution in [-0.2, 0) is 5.41 Å². The molecule has 0 spiro atoms. The summed E-state index contributed by atoms with van der Waals surface area (Å²) in [5.41, 5.74) is 8.91. The average molecular weight is 326 g/mol. The maximum absolute atomic E-state index is 13.2. The van der Waals surface area contributed by atoms with E-state index in [-0.39, 0.29) is 17.1 Å². The monoisotopic (exact) mass is 326 g/mol. The van der Waals surface area contributed by atoms with Crippen molar-refractivity contribution in [3.05, 3.63) is 65.0 Å². The molecule has 0 saturated heterocycles. The van der Waals surface area contributed by atoms with Gasteiger partial charge in [-0.2, -0.15) is 0 Å². The summed E-state index contributed by atoms with van der Waals surface area (Å²) in [6, 6.07) is 12.1. The first-order chi connectivity index (χ1) is 11.5. The number of hydrogen-bond acceptors (Lipinski definition) is 2. The van der Waals surface area contributed by atoms with Crippen molar-refractivity contribution in [3.8, 4) is 0 Å². The minimum Gasteiger partial charge on any atom is -0.399 e. The van der Waals surface area contributed by atoms with E-state index in [0.29, 0.717) is 17.8 Å². The molecule has 0 atom stereocenters. The Morgan fingerprint density at radius 3 is 2.50 bits per heavy atom. The summed E-state index contributed by atoms with van der Waals surface area (Å²) in [6.45, 7) is 2.46. The van der Waals surface area contributed by atoms with Crippen LogP contribution in [0.2, 0.25) is 0 Å². The summed E-state index contributed by atoms with van der Waals surface area (Å²) in [4.78, 5) is 12.6. The molecule has 24 heavy (non-hydrogen) atoms. The standard InChI is InChI=1S/C20H23FN2O/c1-14-4-9-17(22)12-18(14)19(24)23-13-20(10-2-3-11-20)15-5-7-16(21)8-6-15/h4-9,12H,2-3,10-11,13,22H2,1H3,(H,23,24). The summed E-state index contributed by atoms with van der Waals surface area (Å²) in [5, 5.41) is 3.07. The van der Waals surface area contributed by atoms with Crippen LogP contribution in [0.5, 0.6) is 0 Å². The second kappa shape index (κ2) is 6.63. The Morgan fingerprint density at radius 2 is 1.83 bits per heavy atom. The number of anilines is 1. The van der Waals surface area contributed by atoms with Crippen molar-refractivity contribution in [1.29, 1.82) is 0 Å². The number of hydrogen-bond donors (Lipinski definition) is 2. The van der Waals surface area contributed by atoms with Gasteiger partial charge >= 0.3 is 0 Å². The van der Waals surface area contributed by atoms with E-state index >= 15 is 0 Å². The van der Waals surface area contributed by atoms with Gasteiger partial charge in [-0.15, -0.1) is 0 Å². The van der Waals surface area contributed by atoms with Gasteiger partial charge in [-0.05, 0) is 55.2 Å². The zero-order chi connectivity index (χ0) is 17.2. The lowest BCUT2D eigenvalue weighted by Gasteiger charge is -2.30. The van der Waals surface area contributed by atoms with E-state index in [1.165, 1.54) is 12.1 Å². The second-order valence-corrected chi connectivity index (χ2v) is 6.75. The molecule has 0 bridgehead atoms. The highest BCUT2D eigenvalue weighted by molar-refractivity contribution is 5.96. The first kappa shape index (κ1) is 16.5. The molecule has 2 aromatic carbocycles. The zero-order valence-corrected chi connectivity index (χ0v) is 13.9. The number of carbonyl (C=O) groups is 1. The molecule has 3 nitrogen and oxygen atoms in total. The fraction of sp³-hybridized carbons (Fsp3) is 0.350. The van der Waals surface area contributed by atoms with Crippen LogP contribution in [0.1, 0.15) is 47.2 Å². The first-order valence-electron chi connectivity index (χ1n) is 8.41. The number of carbonyl (C=O) groups excluding carboxylic acids is 1. The predicted octanol–water partition coefficient (Wildman–Crippen LogP) is 3.96. The van der Waals surface area contributed by atoms with Gasteiger partial charge in [-0.25, -0.2) is 4.39 Å². The van der Waals surface area contributed by atoms with Gasteiger partial charge in [-0.3, -0.25) is 4.79 Å². The Bertz CT molecular complexity index is 734. The van der Waals surface area contributed by atoms with E-state index in [4.69, 9.17) is 5.73 Å². The third-order valence-corrected chi connectivity index (χ3v) is 5.11. The van der Waals surface area contributed by atoms with Gasteiger partial charge in [0.05, 0.1) is 0 Å². The van der Waals surface area contributed by atoms with Crippen molar-refractivity contribution >= 4 is 11.6 Å². The number of nitrogens with one attached hydrogen (secondary N) is 1. The number of nitrogens with two attached hydrogens (primary N) is 1. The second-order valence-electron chi connectivity index (χ2n) is 6.75. The van der Waals surface area contributed by atoms with E-state index in [1.54, 1.807) is 12.1 Å². The highest BCUT2D eigenvalue weighted by Gasteiger charge is 2.36. The summed E-state index contributed by atoms with van der Waals surface area (Å²) in [5.74, 6) is -0.334. The molecular formula is C20H23FN2O. The van der Waals surface area contributed by atoms with E-state index in [9.17, 15) is 9.18 Å². The van der Waals surface area contributed by atoms with Gasteiger partial charge in [0.2, 0.25) is 0 Å². The first-order valence-corrected chi connectivity index (χ1v) is 8.41. The smallest absolute Gasteiger partial charge is 0.251 e. The Morgan fingerprint density at radius 1 is 1.17 bits per heavy atom. The maximum atomic E-state index is 13.2. The van der Waals surface area contributed by atoms with E-state index in [2.05, 4.69) is 5.32 Å². The maximum Gasteiger partial charge on any atom is 0.251 e. The number of rotatable bonds is 4. The fourth-order valence-corrected chi connectivity index (χ4v) is 3.65. The molecule has 1 amide bonds. The van der Waals surface area contributed by atoms with Gasteiger partial charge in [0, 0.05) is 23.2 Å². The van der Waals surface area contributed by atoms with Crippen LogP contribution in [0.25, 0.3) is 0 Å². The lowest BCUT2D eigenvalue weighted by Crippen LogP contribution is -2.39. The highest BCUT2D eigenvalue weighted by Crippen LogP contribution is 2.40. The molecule has 1 fully saturated rings. The molecule has 2 aromatic rings. The molecule has 0 unspecified atom stereocenters. The van der Waals surface area contributed by atoms with Gasteiger partial charge < -0.3 is 11.1 Å². The number of benzene rings is 2. The lowest BCUT2D eigenvalue weighted by atomic mass is 9.78. The van der Waals surface area contributed by atoms with E-state index in [1.807, 2.05) is 25.1 Å². The fourth-order valence-electron chi connectivity index (χ4n) is 3.65. The van der Waals surface area contributed by atoms with Crippen molar-refractivity contribution in [3.63, 3.8) is 0 Å². The lowest BCUT2D eigenvalue weighted by molar-refractivity contribution is 0.0942. The Hall–Kier alpha value is -2.36. The average Bonchev–Trinajstić information content (AvgIpc) is 3.05. The molecule has 1 aliphatic rings. The Balaban J connectivity index is 1.78. The van der Waals surface area contributed by atoms with Gasteiger partial charge in [0.1, 0.15) is 5.82 Å². The van der Waals surface area contributed by atoms with Crippen LogP contribution in [0.4, 0.5) is 10.1 Å². The topological polar surface area (TPSA) is 55.1 Å². The molecule has 1 saturated carbocycles. The van der Waals surface area contributed by atoms with Gasteiger partial charge in [0.25, 0.3) is 5.91 Å². The molecule has 126 valence electrons. The quantitative estimate of drug-likeness (QED) is 0.836. The van der Waals surface area contributed by atoms with Crippen LogP contribution in [0.15, 0.2) is 42.5 Å². The van der Waals surface area contributed by atoms with Crippen LogP contribution in [0, 0.1) is 12.7 Å². The van der Waals surface area contributed by atoms with Crippen molar-refractivity contribution in [2.45, 2.75) is 38.0 Å². The largest absolute Gasteiger partial charge is 0.399 e. The SMILES string of the molecule is Cc1ccc(N)cc1C(=O)NCC1(c2ccc(F)cc2)CCCC1. The van der Waals surface area contributed by atoms with Crippen molar-refractivity contribution in [2.24, 2.45) is 0 Å². The van der Waals surface area contributed by atoms with Crippen LogP contribution in [0.3, 0.4) is 0 Å². The zero-order valence-electron chi connectivity index (χ0n) is 13.9. The summed E-state index contributed by atoms with van der Waals surface area (Å²) in [6.07, 6.45) is 4.28. The van der Waals surface area contributed by atoms with Crippen LogP contribution >= 0.6 is 0 Å². The van der Waals surface area contributed by atoms with E-state index in [0.717, 1.165) is 36.8 Å². The third-order valence-electron chi connectivity index (χ3n) is 5.11. The normalized spacial score (nSPS) is 16.1. The predicted molar refractivity (Wildman–Crippen MR) is 94.5 cm³/mol. The molecule has 3 N–H and O–H groups in total. The molecule has 0 aliphatic heterocycles. The van der Waals surface area contributed by atoms with Crippen molar-refractivity contribution < 1.29 is 9.18 Å². The number of nitrogen functional groups attached to an aromatic ring is 1. The molecule has 0 aromatic heterocycles. The van der Waals surface area contributed by atoms with Crippen LogP contribution in [-0.4, -0.2) is 12.5 Å². The van der Waals surface area contributed by atoms with Gasteiger partial charge in [-0.1, -0.05) is 31.0 Å². The highest BCUT2D eigenvalue weighted by atomic mass is 19.1. The minimum absolute atomic E-state index is 0.0996. The molecule has 0 heterocycles.